The topological polar surface area (TPSA) is 78.4 Å². The number of urea groups is 1. The molecule has 0 aliphatic carbocycles. The van der Waals surface area contributed by atoms with Crippen molar-refractivity contribution in [3.8, 4) is 0 Å². The lowest BCUT2D eigenvalue weighted by Crippen LogP contribution is -2.36. The zero-order valence-electron chi connectivity index (χ0n) is 12.1. The monoisotopic (exact) mass is 312 g/mol. The summed E-state index contributed by atoms with van der Waals surface area (Å²) in [6, 6.07) is 7.05. The Morgan fingerprint density at radius 2 is 1.86 bits per heavy atom. The number of halogens is 1. The Morgan fingerprint density at radius 3 is 2.48 bits per heavy atom. The lowest BCUT2D eigenvalue weighted by molar-refractivity contribution is -0.137. The summed E-state index contributed by atoms with van der Waals surface area (Å²) in [5.74, 6) is -0.506. The van der Waals surface area contributed by atoms with Crippen molar-refractivity contribution in [2.75, 3.05) is 6.54 Å². The van der Waals surface area contributed by atoms with E-state index in [4.69, 9.17) is 16.7 Å². The molecule has 6 heteroatoms. The van der Waals surface area contributed by atoms with Crippen molar-refractivity contribution in [1.82, 2.24) is 10.6 Å². The largest absolute Gasteiger partial charge is 0.481 e. The Morgan fingerprint density at radius 1 is 1.19 bits per heavy atom. The Balaban J connectivity index is 2.13. The third kappa shape index (κ3) is 8.19. The van der Waals surface area contributed by atoms with Crippen LogP contribution in [0.25, 0.3) is 0 Å². The maximum Gasteiger partial charge on any atom is 0.315 e. The summed E-state index contributed by atoms with van der Waals surface area (Å²) in [5.41, 5.74) is 0.976. The van der Waals surface area contributed by atoms with E-state index in [0.717, 1.165) is 12.0 Å². The Labute approximate surface area is 129 Å². The van der Waals surface area contributed by atoms with Gasteiger partial charge in [0, 0.05) is 24.5 Å². The second kappa shape index (κ2) is 9.23. The molecular formula is C15H21ClN2O3. The van der Waals surface area contributed by atoms with Crippen LogP contribution in [0.4, 0.5) is 4.79 Å². The molecule has 1 atom stereocenters. The number of carboxylic acids is 1. The highest BCUT2D eigenvalue weighted by Crippen LogP contribution is 2.10. The van der Waals surface area contributed by atoms with Crippen LogP contribution in [0.3, 0.4) is 0 Å². The molecular weight excluding hydrogens is 292 g/mol. The first kappa shape index (κ1) is 17.3. The molecule has 3 N–H and O–H groups in total. The first-order chi connectivity index (χ1) is 9.97. The molecule has 0 saturated carbocycles. The van der Waals surface area contributed by atoms with Gasteiger partial charge in [-0.05, 0) is 36.5 Å². The van der Waals surface area contributed by atoms with Crippen LogP contribution in [0.5, 0.6) is 0 Å². The third-order valence-electron chi connectivity index (χ3n) is 3.14. The molecule has 0 aromatic heterocycles. The van der Waals surface area contributed by atoms with Crippen molar-refractivity contribution in [1.29, 1.82) is 0 Å². The molecule has 1 rings (SSSR count). The van der Waals surface area contributed by atoms with Crippen LogP contribution in [-0.2, 0) is 11.3 Å². The fraction of sp³-hybridized carbons (Fsp3) is 0.467. The average Bonchev–Trinajstić information content (AvgIpc) is 2.44. The van der Waals surface area contributed by atoms with Gasteiger partial charge in [0.2, 0.25) is 0 Å². The normalized spacial score (nSPS) is 11.7. The molecule has 0 radical (unpaired) electrons. The SMILES string of the molecule is CC(CCNC(=O)NCc1ccc(Cl)cc1)CCC(=O)O. The van der Waals surface area contributed by atoms with Gasteiger partial charge in [-0.15, -0.1) is 0 Å². The summed E-state index contributed by atoms with van der Waals surface area (Å²) in [5, 5.41) is 14.8. The summed E-state index contributed by atoms with van der Waals surface area (Å²) >= 11 is 5.78. The van der Waals surface area contributed by atoms with Crippen LogP contribution in [0, 0.1) is 5.92 Å². The molecule has 1 unspecified atom stereocenters. The standard InChI is InChI=1S/C15H21ClN2O3/c1-11(2-7-14(19)20)8-9-17-15(21)18-10-12-3-5-13(16)6-4-12/h3-6,11H,2,7-10H2,1H3,(H,19,20)(H2,17,18,21). The lowest BCUT2D eigenvalue weighted by atomic mass is 10.0. The summed E-state index contributed by atoms with van der Waals surface area (Å²) in [7, 11) is 0. The number of hydrogen-bond donors (Lipinski definition) is 3. The highest BCUT2D eigenvalue weighted by Gasteiger charge is 2.06. The second-order valence-electron chi connectivity index (χ2n) is 5.06. The second-order valence-corrected chi connectivity index (χ2v) is 5.50. The van der Waals surface area contributed by atoms with E-state index in [1.807, 2.05) is 19.1 Å². The van der Waals surface area contributed by atoms with E-state index in [-0.39, 0.29) is 18.4 Å². The molecule has 1 aromatic carbocycles. The summed E-state index contributed by atoms with van der Waals surface area (Å²) < 4.78 is 0. The highest BCUT2D eigenvalue weighted by atomic mass is 35.5. The molecule has 0 spiro atoms. The maximum atomic E-state index is 11.6. The molecule has 0 bridgehead atoms. The van der Waals surface area contributed by atoms with Crippen LogP contribution < -0.4 is 10.6 Å². The summed E-state index contributed by atoms with van der Waals surface area (Å²) in [6.45, 7) is 2.96. The predicted molar refractivity (Wildman–Crippen MR) is 82.3 cm³/mol. The number of carbonyl (C=O) groups excluding carboxylic acids is 1. The van der Waals surface area contributed by atoms with Gasteiger partial charge in [-0.3, -0.25) is 4.79 Å². The first-order valence-electron chi connectivity index (χ1n) is 6.95. The predicted octanol–water partition coefficient (Wildman–Crippen LogP) is 3.03. The van der Waals surface area contributed by atoms with Crippen LogP contribution in [0.2, 0.25) is 5.02 Å². The number of aliphatic carboxylic acids is 1. The number of hydrogen-bond acceptors (Lipinski definition) is 2. The van der Waals surface area contributed by atoms with Gasteiger partial charge >= 0.3 is 12.0 Å². The number of benzene rings is 1. The molecule has 1 aromatic rings. The smallest absolute Gasteiger partial charge is 0.315 e. The van der Waals surface area contributed by atoms with Gasteiger partial charge in [0.05, 0.1) is 0 Å². The quantitative estimate of drug-likeness (QED) is 0.690. The number of nitrogens with one attached hydrogen (secondary N) is 2. The molecule has 21 heavy (non-hydrogen) atoms. The van der Waals surface area contributed by atoms with E-state index < -0.39 is 5.97 Å². The molecule has 0 aliphatic rings. The number of carboxylic acid groups (broad SMARTS) is 1. The lowest BCUT2D eigenvalue weighted by Gasteiger charge is -2.11. The van der Waals surface area contributed by atoms with Gasteiger partial charge in [-0.2, -0.15) is 0 Å². The first-order valence-corrected chi connectivity index (χ1v) is 7.33. The van der Waals surface area contributed by atoms with Gasteiger partial charge in [0.1, 0.15) is 0 Å². The number of rotatable bonds is 8. The zero-order chi connectivity index (χ0) is 15.7. The minimum atomic E-state index is -0.782. The molecule has 0 fully saturated rings. The minimum absolute atomic E-state index is 0.171. The van der Waals surface area contributed by atoms with E-state index in [2.05, 4.69) is 10.6 Å². The van der Waals surface area contributed by atoms with Gasteiger partial charge in [-0.25, -0.2) is 4.79 Å². The third-order valence-corrected chi connectivity index (χ3v) is 3.39. The van der Waals surface area contributed by atoms with E-state index in [0.29, 0.717) is 24.5 Å². The van der Waals surface area contributed by atoms with Crippen molar-refractivity contribution in [2.45, 2.75) is 32.7 Å². The van der Waals surface area contributed by atoms with Crippen molar-refractivity contribution < 1.29 is 14.7 Å². The van der Waals surface area contributed by atoms with E-state index in [1.54, 1.807) is 12.1 Å². The zero-order valence-corrected chi connectivity index (χ0v) is 12.8. The van der Waals surface area contributed by atoms with Crippen LogP contribution in [-0.4, -0.2) is 23.7 Å². The van der Waals surface area contributed by atoms with E-state index in [9.17, 15) is 9.59 Å². The molecule has 2 amide bonds. The van der Waals surface area contributed by atoms with E-state index >= 15 is 0 Å². The number of carbonyl (C=O) groups is 2. The molecule has 5 nitrogen and oxygen atoms in total. The Hall–Kier alpha value is -1.75. The van der Waals surface area contributed by atoms with Gasteiger partial charge in [-0.1, -0.05) is 30.7 Å². The van der Waals surface area contributed by atoms with Crippen LogP contribution in [0.1, 0.15) is 31.7 Å². The molecule has 0 saturated heterocycles. The van der Waals surface area contributed by atoms with Crippen molar-refractivity contribution in [2.24, 2.45) is 5.92 Å². The average molecular weight is 313 g/mol. The van der Waals surface area contributed by atoms with Gasteiger partial charge in [0.15, 0.2) is 0 Å². The van der Waals surface area contributed by atoms with Crippen molar-refractivity contribution >= 4 is 23.6 Å². The number of amides is 2. The highest BCUT2D eigenvalue weighted by molar-refractivity contribution is 6.30. The fourth-order valence-electron chi connectivity index (χ4n) is 1.79. The Bertz CT molecular complexity index is 462. The minimum Gasteiger partial charge on any atom is -0.481 e. The van der Waals surface area contributed by atoms with Gasteiger partial charge in [0.25, 0.3) is 0 Å². The summed E-state index contributed by atoms with van der Waals surface area (Å²) in [6.07, 6.45) is 1.56. The van der Waals surface area contributed by atoms with Crippen molar-refractivity contribution in [3.05, 3.63) is 34.9 Å². The molecule has 0 heterocycles. The Kier molecular flexibility index (Phi) is 7.61. The molecule has 0 aliphatic heterocycles. The fourth-order valence-corrected chi connectivity index (χ4v) is 1.92. The summed E-state index contributed by atoms with van der Waals surface area (Å²) in [4.78, 5) is 22.0. The van der Waals surface area contributed by atoms with Crippen LogP contribution in [0.15, 0.2) is 24.3 Å². The van der Waals surface area contributed by atoms with E-state index in [1.165, 1.54) is 0 Å². The maximum absolute atomic E-state index is 11.6. The van der Waals surface area contributed by atoms with Gasteiger partial charge < -0.3 is 15.7 Å². The molecule has 116 valence electrons. The van der Waals surface area contributed by atoms with Crippen molar-refractivity contribution in [3.63, 3.8) is 0 Å². The van der Waals surface area contributed by atoms with Crippen LogP contribution >= 0.6 is 11.6 Å².